The number of aromatic nitrogens is 2. The Balaban J connectivity index is 1.39. The van der Waals surface area contributed by atoms with Gasteiger partial charge in [0.05, 0.1) is 22.1 Å². The molecule has 0 spiro atoms. The number of anilines is 2. The van der Waals surface area contributed by atoms with Gasteiger partial charge in [0.25, 0.3) is 0 Å². The van der Waals surface area contributed by atoms with Gasteiger partial charge in [0.2, 0.25) is 0 Å². The fraction of sp³-hybridized carbons (Fsp3) is 0.0213. The van der Waals surface area contributed by atoms with Gasteiger partial charge in [0, 0.05) is 50.0 Å². The van der Waals surface area contributed by atoms with Gasteiger partial charge in [-0.2, -0.15) is 0 Å². The van der Waals surface area contributed by atoms with E-state index in [1.54, 1.807) is 0 Å². The first-order valence-electron chi connectivity index (χ1n) is 17.1. The summed E-state index contributed by atoms with van der Waals surface area (Å²) in [4.78, 5) is 2.32. The van der Waals surface area contributed by atoms with E-state index in [4.69, 9.17) is 0 Å². The number of para-hydroxylation sites is 4. The van der Waals surface area contributed by atoms with Crippen LogP contribution in [0.15, 0.2) is 194 Å². The summed E-state index contributed by atoms with van der Waals surface area (Å²) in [5.74, 6) is 0. The highest BCUT2D eigenvalue weighted by atomic mass is 15.1. The molecule has 9 aromatic rings. The van der Waals surface area contributed by atoms with E-state index in [1.165, 1.54) is 54.4 Å². The van der Waals surface area contributed by atoms with Gasteiger partial charge in [0.1, 0.15) is 0 Å². The van der Waals surface area contributed by atoms with Crippen LogP contribution in [0, 0.1) is 0 Å². The number of fused-ring (bicyclic) bond motifs is 8. The Kier molecular flexibility index (Phi) is 7.18. The van der Waals surface area contributed by atoms with Crippen LogP contribution in [0.4, 0.5) is 11.4 Å². The van der Waals surface area contributed by atoms with Gasteiger partial charge in [-0.15, -0.1) is 0 Å². The molecule has 0 radical (unpaired) electrons. The number of benzene rings is 7. The van der Waals surface area contributed by atoms with E-state index in [1.807, 2.05) is 12.2 Å². The largest absolute Gasteiger partial charge is 0.311 e. The van der Waals surface area contributed by atoms with Gasteiger partial charge in [0.15, 0.2) is 0 Å². The molecule has 2 aromatic heterocycles. The highest BCUT2D eigenvalue weighted by Crippen LogP contribution is 2.42. The Morgan fingerprint density at radius 3 is 1.82 bits per heavy atom. The summed E-state index contributed by atoms with van der Waals surface area (Å²) >= 11 is 0. The van der Waals surface area contributed by atoms with Crippen molar-refractivity contribution in [3.63, 3.8) is 0 Å². The molecule has 0 amide bonds. The number of rotatable bonds is 7. The summed E-state index contributed by atoms with van der Waals surface area (Å²) in [5, 5.41) is 7.43. The molecule has 0 aliphatic carbocycles. The molecule has 3 nitrogen and oxygen atoms in total. The van der Waals surface area contributed by atoms with Gasteiger partial charge in [-0.1, -0.05) is 104 Å². The van der Waals surface area contributed by atoms with Crippen LogP contribution in [0.1, 0.15) is 6.92 Å². The third-order valence-corrected chi connectivity index (χ3v) is 9.78. The summed E-state index contributed by atoms with van der Waals surface area (Å²) in [7, 11) is 0. The van der Waals surface area contributed by atoms with Crippen LogP contribution in [0.2, 0.25) is 0 Å². The third kappa shape index (κ3) is 4.67. The molecule has 9 rings (SSSR count). The molecule has 0 saturated carbocycles. The summed E-state index contributed by atoms with van der Waals surface area (Å²) in [5.41, 5.74) is 10.3. The predicted octanol–water partition coefficient (Wildman–Crippen LogP) is 12.8. The van der Waals surface area contributed by atoms with Crippen molar-refractivity contribution >= 4 is 65.8 Å². The van der Waals surface area contributed by atoms with Crippen molar-refractivity contribution in [3.8, 4) is 11.4 Å². The molecule has 0 aliphatic rings. The Morgan fingerprint density at radius 1 is 0.520 bits per heavy atom. The first kappa shape index (κ1) is 29.6. The zero-order chi connectivity index (χ0) is 33.6. The van der Waals surface area contributed by atoms with Crippen molar-refractivity contribution in [2.75, 3.05) is 4.90 Å². The second-order valence-electron chi connectivity index (χ2n) is 12.6. The number of hydrogen-bond acceptors (Lipinski definition) is 1. The first-order chi connectivity index (χ1) is 24.7. The van der Waals surface area contributed by atoms with E-state index >= 15 is 0 Å². The molecule has 0 saturated heterocycles. The zero-order valence-corrected chi connectivity index (χ0v) is 27.9. The van der Waals surface area contributed by atoms with Crippen molar-refractivity contribution < 1.29 is 0 Å². The van der Waals surface area contributed by atoms with Crippen LogP contribution in [0.3, 0.4) is 0 Å². The Labute approximate surface area is 291 Å². The molecular weight excluding hydrogens is 607 g/mol. The van der Waals surface area contributed by atoms with Gasteiger partial charge >= 0.3 is 0 Å². The van der Waals surface area contributed by atoms with Crippen LogP contribution >= 0.6 is 0 Å². The lowest BCUT2D eigenvalue weighted by atomic mass is 10.0. The Bertz CT molecular complexity index is 2760. The molecule has 0 fully saturated rings. The SMILES string of the molecule is C=C/C=C\C(=C/C)N(c1ccccc1)c1ccc2c(c1)c1cc3c(ccc4c3c3ccccc3n4-c3ccccc3)cc1n2-c1ccccc1. The van der Waals surface area contributed by atoms with Crippen LogP contribution in [-0.4, -0.2) is 9.13 Å². The summed E-state index contributed by atoms with van der Waals surface area (Å²) in [6, 6.07) is 57.0. The minimum Gasteiger partial charge on any atom is -0.311 e. The molecule has 0 bridgehead atoms. The van der Waals surface area contributed by atoms with Gasteiger partial charge in [-0.25, -0.2) is 0 Å². The van der Waals surface area contributed by atoms with Crippen molar-refractivity contribution in [1.29, 1.82) is 0 Å². The molecule has 3 heteroatoms. The third-order valence-electron chi connectivity index (χ3n) is 9.78. The first-order valence-corrected chi connectivity index (χ1v) is 17.1. The smallest absolute Gasteiger partial charge is 0.0547 e. The van der Waals surface area contributed by atoms with E-state index in [9.17, 15) is 0 Å². The van der Waals surface area contributed by atoms with E-state index in [0.29, 0.717) is 0 Å². The predicted molar refractivity (Wildman–Crippen MR) is 214 cm³/mol. The Morgan fingerprint density at radius 2 is 1.12 bits per heavy atom. The van der Waals surface area contributed by atoms with Crippen molar-refractivity contribution in [1.82, 2.24) is 9.13 Å². The molecule has 2 heterocycles. The summed E-state index contributed by atoms with van der Waals surface area (Å²) in [6.07, 6.45) is 8.08. The molecule has 0 atom stereocenters. The summed E-state index contributed by atoms with van der Waals surface area (Å²) < 4.78 is 4.80. The maximum atomic E-state index is 3.93. The van der Waals surface area contributed by atoms with E-state index < -0.39 is 0 Å². The molecule has 50 heavy (non-hydrogen) atoms. The zero-order valence-electron chi connectivity index (χ0n) is 27.9. The van der Waals surface area contributed by atoms with Gasteiger partial charge in [-0.05, 0) is 103 Å². The molecule has 7 aromatic carbocycles. The lowest BCUT2D eigenvalue weighted by Crippen LogP contribution is -2.15. The molecule has 238 valence electrons. The minimum atomic E-state index is 1.07. The van der Waals surface area contributed by atoms with E-state index in [-0.39, 0.29) is 0 Å². The molecule has 0 unspecified atom stereocenters. The van der Waals surface area contributed by atoms with Crippen molar-refractivity contribution in [2.45, 2.75) is 6.92 Å². The lowest BCUT2D eigenvalue weighted by Gasteiger charge is -2.26. The number of allylic oxidation sites excluding steroid dienone is 4. The van der Waals surface area contributed by atoms with E-state index in [2.05, 4.69) is 197 Å². The number of nitrogens with zero attached hydrogens (tertiary/aromatic N) is 3. The van der Waals surface area contributed by atoms with Gasteiger partial charge < -0.3 is 14.0 Å². The van der Waals surface area contributed by atoms with Crippen molar-refractivity contribution in [3.05, 3.63) is 194 Å². The Hall–Kier alpha value is -6.58. The van der Waals surface area contributed by atoms with E-state index in [0.717, 1.165) is 28.4 Å². The monoisotopic (exact) mass is 641 g/mol. The second kappa shape index (κ2) is 12.1. The van der Waals surface area contributed by atoms with Crippen LogP contribution in [-0.2, 0) is 0 Å². The second-order valence-corrected chi connectivity index (χ2v) is 12.6. The minimum absolute atomic E-state index is 1.07. The summed E-state index contributed by atoms with van der Waals surface area (Å²) in [6.45, 7) is 6.01. The highest BCUT2D eigenvalue weighted by Gasteiger charge is 2.20. The fourth-order valence-corrected chi connectivity index (χ4v) is 7.63. The van der Waals surface area contributed by atoms with Crippen LogP contribution in [0.25, 0.3) is 65.8 Å². The topological polar surface area (TPSA) is 13.1 Å². The molecule has 0 aliphatic heterocycles. The van der Waals surface area contributed by atoms with Crippen LogP contribution < -0.4 is 4.90 Å². The van der Waals surface area contributed by atoms with Gasteiger partial charge in [-0.3, -0.25) is 0 Å². The standard InChI is InChI=1S/C47H35N3/c1-3-5-17-34(4-2)48(35-18-9-6-10-19-35)38-27-29-44-41(31-38)42-32-40-33(30-46(42)50(44)37-22-13-8-14-23-37)26-28-45-47(40)39-24-15-16-25-43(39)49(45)36-20-11-7-12-21-36/h3-32H,1H2,2H3/b17-5-,34-4+. The maximum absolute atomic E-state index is 3.93. The fourth-order valence-electron chi connectivity index (χ4n) is 7.63. The quantitative estimate of drug-likeness (QED) is 0.158. The number of hydrogen-bond donors (Lipinski definition) is 0. The highest BCUT2D eigenvalue weighted by molar-refractivity contribution is 6.25. The van der Waals surface area contributed by atoms with Crippen LogP contribution in [0.5, 0.6) is 0 Å². The van der Waals surface area contributed by atoms with Crippen molar-refractivity contribution in [2.24, 2.45) is 0 Å². The maximum Gasteiger partial charge on any atom is 0.0547 e. The average molecular weight is 642 g/mol. The lowest BCUT2D eigenvalue weighted by molar-refractivity contribution is 1.17. The normalized spacial score (nSPS) is 12.2. The molecular formula is C47H35N3. The molecule has 0 N–H and O–H groups in total. The average Bonchev–Trinajstić information content (AvgIpc) is 3.69.